The number of aromatic nitrogens is 1. The third-order valence-electron chi connectivity index (χ3n) is 4.47. The summed E-state index contributed by atoms with van der Waals surface area (Å²) in [6, 6.07) is 2.17. The fourth-order valence-corrected chi connectivity index (χ4v) is 3.33. The maximum atomic E-state index is 12.0. The predicted octanol–water partition coefficient (Wildman–Crippen LogP) is 3.48. The van der Waals surface area contributed by atoms with Gasteiger partial charge < -0.3 is 10.6 Å². The lowest BCUT2D eigenvalue weighted by molar-refractivity contribution is 0.230. The van der Waals surface area contributed by atoms with E-state index in [-0.39, 0.29) is 6.03 Å². The Morgan fingerprint density at radius 1 is 1.20 bits per heavy atom. The fourth-order valence-electron chi connectivity index (χ4n) is 3.33. The van der Waals surface area contributed by atoms with E-state index >= 15 is 0 Å². The molecule has 1 aromatic heterocycles. The van der Waals surface area contributed by atoms with Crippen LogP contribution >= 0.6 is 0 Å². The van der Waals surface area contributed by atoms with Crippen LogP contribution in [0.15, 0.2) is 18.5 Å². The minimum Gasteiger partial charge on any atom is -0.335 e. The van der Waals surface area contributed by atoms with E-state index < -0.39 is 0 Å². The summed E-state index contributed by atoms with van der Waals surface area (Å²) in [5.74, 6) is 1.79. The van der Waals surface area contributed by atoms with Crippen LogP contribution in [0.5, 0.6) is 0 Å². The van der Waals surface area contributed by atoms with Crippen LogP contribution in [-0.4, -0.2) is 17.1 Å². The SMILES string of the molecule is Cc1cncc(NC(=O)N[C@@H]2CCC[C@H](C3CC3)C2)c1. The molecule has 2 N–H and O–H groups in total. The number of anilines is 1. The van der Waals surface area contributed by atoms with Crippen molar-refractivity contribution >= 4 is 11.7 Å². The van der Waals surface area contributed by atoms with Gasteiger partial charge in [-0.15, -0.1) is 0 Å². The van der Waals surface area contributed by atoms with Crippen molar-refractivity contribution in [1.29, 1.82) is 0 Å². The molecule has 108 valence electrons. The molecule has 2 aliphatic rings. The largest absolute Gasteiger partial charge is 0.335 e. The van der Waals surface area contributed by atoms with Gasteiger partial charge >= 0.3 is 6.03 Å². The second-order valence-corrected chi connectivity index (χ2v) is 6.31. The zero-order valence-electron chi connectivity index (χ0n) is 12.1. The Morgan fingerprint density at radius 2 is 2.05 bits per heavy atom. The smallest absolute Gasteiger partial charge is 0.319 e. The van der Waals surface area contributed by atoms with Crippen LogP contribution in [0.3, 0.4) is 0 Å². The number of aryl methyl sites for hydroxylation is 1. The van der Waals surface area contributed by atoms with Crippen LogP contribution in [0.25, 0.3) is 0 Å². The monoisotopic (exact) mass is 273 g/mol. The first-order valence-electron chi connectivity index (χ1n) is 7.70. The van der Waals surface area contributed by atoms with E-state index in [1.807, 2.05) is 13.0 Å². The Hall–Kier alpha value is -1.58. The van der Waals surface area contributed by atoms with E-state index in [4.69, 9.17) is 0 Å². The predicted molar refractivity (Wildman–Crippen MR) is 79.6 cm³/mol. The van der Waals surface area contributed by atoms with Crippen molar-refractivity contribution in [3.8, 4) is 0 Å². The second kappa shape index (κ2) is 5.81. The molecular weight excluding hydrogens is 250 g/mol. The normalized spacial score (nSPS) is 26.1. The van der Waals surface area contributed by atoms with Gasteiger partial charge in [0.2, 0.25) is 0 Å². The third kappa shape index (κ3) is 3.50. The number of amides is 2. The molecule has 2 fully saturated rings. The molecule has 2 amide bonds. The first kappa shape index (κ1) is 13.4. The van der Waals surface area contributed by atoms with Gasteiger partial charge in [0.05, 0.1) is 11.9 Å². The van der Waals surface area contributed by atoms with Gasteiger partial charge in [0.25, 0.3) is 0 Å². The minimum absolute atomic E-state index is 0.0983. The summed E-state index contributed by atoms with van der Waals surface area (Å²) in [4.78, 5) is 16.1. The van der Waals surface area contributed by atoms with E-state index in [2.05, 4.69) is 15.6 Å². The average molecular weight is 273 g/mol. The van der Waals surface area contributed by atoms with E-state index in [1.165, 1.54) is 25.7 Å². The van der Waals surface area contributed by atoms with Crippen molar-refractivity contribution < 1.29 is 4.79 Å². The fraction of sp³-hybridized carbons (Fsp3) is 0.625. The number of rotatable bonds is 3. The Kier molecular flexibility index (Phi) is 3.90. The molecule has 0 saturated heterocycles. The molecule has 20 heavy (non-hydrogen) atoms. The molecule has 0 radical (unpaired) electrons. The zero-order chi connectivity index (χ0) is 13.9. The third-order valence-corrected chi connectivity index (χ3v) is 4.47. The zero-order valence-corrected chi connectivity index (χ0v) is 12.1. The Balaban J connectivity index is 1.50. The quantitative estimate of drug-likeness (QED) is 0.886. The highest BCUT2D eigenvalue weighted by Crippen LogP contribution is 2.43. The molecule has 3 rings (SSSR count). The van der Waals surface area contributed by atoms with Crippen molar-refractivity contribution in [1.82, 2.24) is 10.3 Å². The number of urea groups is 1. The number of carbonyl (C=O) groups excluding carboxylic acids is 1. The van der Waals surface area contributed by atoms with Gasteiger partial charge in [-0.05, 0) is 56.1 Å². The van der Waals surface area contributed by atoms with Crippen LogP contribution in [0.4, 0.5) is 10.5 Å². The Labute approximate surface area is 120 Å². The molecule has 2 aliphatic carbocycles. The average Bonchev–Trinajstić information content (AvgIpc) is 3.23. The summed E-state index contributed by atoms with van der Waals surface area (Å²) in [6.45, 7) is 1.97. The maximum Gasteiger partial charge on any atom is 0.319 e. The van der Waals surface area contributed by atoms with Gasteiger partial charge in [-0.25, -0.2) is 4.79 Å². The molecule has 0 aromatic carbocycles. The number of hydrogen-bond donors (Lipinski definition) is 2. The van der Waals surface area contributed by atoms with Crippen LogP contribution in [0.2, 0.25) is 0 Å². The molecule has 2 atom stereocenters. The first-order valence-corrected chi connectivity index (χ1v) is 7.70. The van der Waals surface area contributed by atoms with E-state index in [9.17, 15) is 4.79 Å². The van der Waals surface area contributed by atoms with Crippen molar-refractivity contribution in [3.05, 3.63) is 24.0 Å². The first-order chi connectivity index (χ1) is 9.70. The molecule has 0 aliphatic heterocycles. The highest BCUT2D eigenvalue weighted by atomic mass is 16.2. The van der Waals surface area contributed by atoms with Crippen LogP contribution < -0.4 is 10.6 Å². The van der Waals surface area contributed by atoms with Crippen LogP contribution in [0, 0.1) is 18.8 Å². The highest BCUT2D eigenvalue weighted by Gasteiger charge is 2.34. The molecule has 4 heteroatoms. The van der Waals surface area contributed by atoms with Crippen molar-refractivity contribution in [2.24, 2.45) is 11.8 Å². The highest BCUT2D eigenvalue weighted by molar-refractivity contribution is 5.89. The topological polar surface area (TPSA) is 54.0 Å². The van der Waals surface area contributed by atoms with Crippen LogP contribution in [-0.2, 0) is 0 Å². The summed E-state index contributed by atoms with van der Waals surface area (Å²) < 4.78 is 0. The number of carbonyl (C=O) groups is 1. The summed E-state index contributed by atoms with van der Waals surface area (Å²) >= 11 is 0. The molecule has 0 bridgehead atoms. The number of pyridine rings is 1. The molecular formula is C16H23N3O. The Morgan fingerprint density at radius 3 is 2.80 bits per heavy atom. The van der Waals surface area contributed by atoms with Gasteiger partial charge in [-0.2, -0.15) is 0 Å². The maximum absolute atomic E-state index is 12.0. The number of nitrogens with zero attached hydrogens (tertiary/aromatic N) is 1. The van der Waals surface area contributed by atoms with E-state index in [0.717, 1.165) is 35.9 Å². The number of hydrogen-bond acceptors (Lipinski definition) is 2. The lowest BCUT2D eigenvalue weighted by Crippen LogP contribution is -2.41. The summed E-state index contributed by atoms with van der Waals surface area (Å²) in [5, 5.41) is 6.00. The molecule has 0 unspecified atom stereocenters. The van der Waals surface area contributed by atoms with Gasteiger partial charge in [-0.1, -0.05) is 12.8 Å². The van der Waals surface area contributed by atoms with Crippen LogP contribution in [0.1, 0.15) is 44.1 Å². The van der Waals surface area contributed by atoms with Gasteiger partial charge in [0, 0.05) is 12.2 Å². The summed E-state index contributed by atoms with van der Waals surface area (Å²) in [7, 11) is 0. The standard InChI is InChI=1S/C16H23N3O/c1-11-7-15(10-17-9-11)19-16(20)18-14-4-2-3-13(8-14)12-5-6-12/h7,9-10,12-14H,2-6,8H2,1H3,(H2,18,19,20)/t13-,14+/m0/s1. The lowest BCUT2D eigenvalue weighted by atomic mass is 9.83. The number of nitrogens with one attached hydrogen (secondary N) is 2. The van der Waals surface area contributed by atoms with Gasteiger partial charge in [0.15, 0.2) is 0 Å². The molecule has 2 saturated carbocycles. The van der Waals surface area contributed by atoms with E-state index in [0.29, 0.717) is 6.04 Å². The molecule has 1 aromatic rings. The minimum atomic E-state index is -0.0983. The van der Waals surface area contributed by atoms with Gasteiger partial charge in [0.1, 0.15) is 0 Å². The second-order valence-electron chi connectivity index (χ2n) is 6.31. The van der Waals surface area contributed by atoms with E-state index in [1.54, 1.807) is 12.4 Å². The summed E-state index contributed by atoms with van der Waals surface area (Å²) in [6.07, 6.45) is 11.1. The van der Waals surface area contributed by atoms with Crippen molar-refractivity contribution in [2.45, 2.75) is 51.5 Å². The summed E-state index contributed by atoms with van der Waals surface area (Å²) in [5.41, 5.74) is 1.81. The molecule has 0 spiro atoms. The Bertz CT molecular complexity index is 484. The van der Waals surface area contributed by atoms with Gasteiger partial charge in [-0.3, -0.25) is 4.98 Å². The van der Waals surface area contributed by atoms with Crippen molar-refractivity contribution in [2.75, 3.05) is 5.32 Å². The van der Waals surface area contributed by atoms with Crippen molar-refractivity contribution in [3.63, 3.8) is 0 Å². The molecule has 1 heterocycles. The lowest BCUT2D eigenvalue weighted by Gasteiger charge is -2.29. The molecule has 4 nitrogen and oxygen atoms in total.